The molecule has 1 aromatic heterocycles. The number of benzene rings is 3. The maximum Gasteiger partial charge on any atom is 0.252 e. The summed E-state index contributed by atoms with van der Waals surface area (Å²) >= 11 is 0. The second kappa shape index (κ2) is 10.6. The number of aromatic nitrogens is 1. The highest BCUT2D eigenvalue weighted by atomic mass is 16.5. The molecule has 1 aliphatic heterocycles. The fraction of sp³-hybridized carbons (Fsp3) is 0.312. The summed E-state index contributed by atoms with van der Waals surface area (Å²) < 4.78 is 5.58. The van der Waals surface area contributed by atoms with E-state index in [9.17, 15) is 9.90 Å². The lowest BCUT2D eigenvalue weighted by Crippen LogP contribution is -2.47. The molecule has 1 unspecified atom stereocenters. The number of hydrogen-bond acceptors (Lipinski definition) is 5. The second-order valence-electron chi connectivity index (χ2n) is 10.3. The third kappa shape index (κ3) is 4.66. The fourth-order valence-corrected chi connectivity index (χ4v) is 6.27. The van der Waals surface area contributed by atoms with Crippen molar-refractivity contribution in [3.8, 4) is 17.0 Å². The highest BCUT2D eigenvalue weighted by molar-refractivity contribution is 6.07. The van der Waals surface area contributed by atoms with Crippen LogP contribution in [0, 0.1) is 5.92 Å². The third-order valence-electron chi connectivity index (χ3n) is 8.08. The largest absolute Gasteiger partial charge is 0.494 e. The number of para-hydroxylation sites is 1. The van der Waals surface area contributed by atoms with E-state index < -0.39 is 0 Å². The van der Waals surface area contributed by atoms with Crippen molar-refractivity contribution in [3.63, 3.8) is 0 Å². The van der Waals surface area contributed by atoms with Crippen LogP contribution >= 0.6 is 0 Å². The summed E-state index contributed by atoms with van der Waals surface area (Å²) in [6.45, 7) is 3.56. The number of carbonyl (C=O) groups excluding carboxylic acids is 1. The smallest absolute Gasteiger partial charge is 0.252 e. The van der Waals surface area contributed by atoms with E-state index in [2.05, 4.69) is 22.3 Å². The molecule has 2 fully saturated rings. The Balaban J connectivity index is 1.22. The summed E-state index contributed by atoms with van der Waals surface area (Å²) in [5.41, 5.74) is 4.31. The first-order valence-corrected chi connectivity index (χ1v) is 13.5. The van der Waals surface area contributed by atoms with Gasteiger partial charge in [-0.15, -0.1) is 0 Å². The van der Waals surface area contributed by atoms with Gasteiger partial charge in [0.15, 0.2) is 0 Å². The normalized spacial score (nSPS) is 21.5. The number of ether oxygens (including phenoxy) is 1. The summed E-state index contributed by atoms with van der Waals surface area (Å²) in [5, 5.41) is 14.4. The summed E-state index contributed by atoms with van der Waals surface area (Å²) in [6, 6.07) is 28.3. The average Bonchev–Trinajstić information content (AvgIpc) is 3.55. The first-order valence-electron chi connectivity index (χ1n) is 13.5. The van der Waals surface area contributed by atoms with Gasteiger partial charge in [-0.2, -0.15) is 0 Å². The summed E-state index contributed by atoms with van der Waals surface area (Å²) in [4.78, 5) is 21.0. The van der Waals surface area contributed by atoms with Gasteiger partial charge in [-0.05, 0) is 67.6 Å². The predicted molar refractivity (Wildman–Crippen MR) is 149 cm³/mol. The number of fused-ring (bicyclic) bond motifs is 3. The zero-order valence-electron chi connectivity index (χ0n) is 21.6. The SMILES string of the molecule is CCOc1ccc(-c2cc(C(=O)N[C@@H]3C[C@H]4C[C@@H]3CN4C(CO)c3ccccc3)c3ccccc3n2)cc1. The van der Waals surface area contributed by atoms with Gasteiger partial charge in [0.05, 0.1) is 36.0 Å². The monoisotopic (exact) mass is 507 g/mol. The van der Waals surface area contributed by atoms with Gasteiger partial charge in [0.2, 0.25) is 0 Å². The highest BCUT2D eigenvalue weighted by Crippen LogP contribution is 2.42. The molecular formula is C32H33N3O3. The van der Waals surface area contributed by atoms with Gasteiger partial charge < -0.3 is 15.2 Å². The number of aliphatic hydroxyl groups is 1. The van der Waals surface area contributed by atoms with Crippen LogP contribution < -0.4 is 10.1 Å². The van der Waals surface area contributed by atoms with Crippen LogP contribution in [-0.2, 0) is 0 Å². The number of amides is 1. The van der Waals surface area contributed by atoms with E-state index in [0.29, 0.717) is 24.1 Å². The van der Waals surface area contributed by atoms with Crippen molar-refractivity contribution in [3.05, 3.63) is 96.1 Å². The Bertz CT molecular complexity index is 1420. The number of nitrogens with zero attached hydrogens (tertiary/aromatic N) is 2. The van der Waals surface area contributed by atoms with Crippen molar-refractivity contribution in [1.29, 1.82) is 0 Å². The first kappa shape index (κ1) is 24.6. The molecule has 1 saturated carbocycles. The van der Waals surface area contributed by atoms with Gasteiger partial charge in [-0.1, -0.05) is 48.5 Å². The van der Waals surface area contributed by atoms with Crippen molar-refractivity contribution in [1.82, 2.24) is 15.2 Å². The van der Waals surface area contributed by atoms with Crippen molar-refractivity contribution < 1.29 is 14.6 Å². The van der Waals surface area contributed by atoms with E-state index >= 15 is 0 Å². The van der Waals surface area contributed by atoms with Crippen LogP contribution in [0.15, 0.2) is 84.9 Å². The molecule has 4 atom stereocenters. The van der Waals surface area contributed by atoms with Crippen LogP contribution in [-0.4, -0.2) is 52.7 Å². The van der Waals surface area contributed by atoms with Crippen LogP contribution in [0.25, 0.3) is 22.2 Å². The maximum absolute atomic E-state index is 13.7. The molecule has 3 aromatic carbocycles. The molecule has 0 spiro atoms. The first-order chi connectivity index (χ1) is 18.6. The Kier molecular flexibility index (Phi) is 6.83. The molecule has 0 radical (unpaired) electrons. The molecule has 6 rings (SSSR count). The standard InChI is InChI=1S/C32H33N3O3/c1-2-38-25-14-12-21(13-15-25)30-18-27(26-10-6-7-11-28(26)33-30)32(37)34-29-17-24-16-23(29)19-35(24)31(20-36)22-8-4-3-5-9-22/h3-15,18,23-24,29,31,36H,2,16-17,19-20H2,1H3,(H,34,37)/t23-,24-,29-,31?/m1/s1. The molecule has 194 valence electrons. The molecule has 2 N–H and O–H groups in total. The highest BCUT2D eigenvalue weighted by Gasteiger charge is 2.47. The number of rotatable bonds is 8. The Morgan fingerprint density at radius 3 is 2.53 bits per heavy atom. The molecule has 2 heterocycles. The molecular weight excluding hydrogens is 474 g/mol. The van der Waals surface area contributed by atoms with E-state index in [-0.39, 0.29) is 24.6 Å². The maximum atomic E-state index is 13.7. The molecule has 6 heteroatoms. The van der Waals surface area contributed by atoms with E-state index in [1.54, 1.807) is 0 Å². The number of nitrogens with one attached hydrogen (secondary N) is 1. The van der Waals surface area contributed by atoms with E-state index in [1.165, 1.54) is 0 Å². The zero-order valence-corrected chi connectivity index (χ0v) is 21.6. The molecule has 4 aromatic rings. The number of aliphatic hydroxyl groups excluding tert-OH is 1. The van der Waals surface area contributed by atoms with Crippen LogP contribution in [0.2, 0.25) is 0 Å². The summed E-state index contributed by atoms with van der Waals surface area (Å²) in [5.74, 6) is 1.14. The van der Waals surface area contributed by atoms with Crippen LogP contribution in [0.1, 0.15) is 41.7 Å². The van der Waals surface area contributed by atoms with Crippen LogP contribution in [0.3, 0.4) is 0 Å². The minimum atomic E-state index is -0.0540. The quantitative estimate of drug-likeness (QED) is 0.342. The van der Waals surface area contributed by atoms with Crippen molar-refractivity contribution in [2.75, 3.05) is 19.8 Å². The Labute approximate surface area is 223 Å². The lowest BCUT2D eigenvalue weighted by atomic mass is 9.98. The van der Waals surface area contributed by atoms with Gasteiger partial charge in [-0.25, -0.2) is 4.98 Å². The van der Waals surface area contributed by atoms with E-state index in [1.807, 2.05) is 79.7 Å². The van der Waals surface area contributed by atoms with Gasteiger partial charge in [0.25, 0.3) is 5.91 Å². The van der Waals surface area contributed by atoms with Crippen LogP contribution in [0.4, 0.5) is 0 Å². The Morgan fingerprint density at radius 2 is 1.82 bits per heavy atom. The predicted octanol–water partition coefficient (Wildman–Crippen LogP) is 5.23. The van der Waals surface area contributed by atoms with Crippen molar-refractivity contribution in [2.24, 2.45) is 5.92 Å². The minimum Gasteiger partial charge on any atom is -0.494 e. The topological polar surface area (TPSA) is 74.7 Å². The lowest BCUT2D eigenvalue weighted by Gasteiger charge is -2.37. The molecule has 1 saturated heterocycles. The van der Waals surface area contributed by atoms with Gasteiger partial charge in [0.1, 0.15) is 5.75 Å². The van der Waals surface area contributed by atoms with Gasteiger partial charge in [0, 0.05) is 29.6 Å². The molecule has 1 aliphatic carbocycles. The zero-order chi connectivity index (χ0) is 26.1. The van der Waals surface area contributed by atoms with Crippen LogP contribution in [0.5, 0.6) is 5.75 Å². The Hall–Kier alpha value is -3.74. The molecule has 1 amide bonds. The lowest BCUT2D eigenvalue weighted by molar-refractivity contribution is 0.0767. The van der Waals surface area contributed by atoms with Gasteiger partial charge in [-0.3, -0.25) is 9.69 Å². The number of hydrogen-bond donors (Lipinski definition) is 2. The molecule has 38 heavy (non-hydrogen) atoms. The molecule has 2 aliphatic rings. The van der Waals surface area contributed by atoms with Crippen molar-refractivity contribution in [2.45, 2.75) is 37.9 Å². The number of carbonyl (C=O) groups is 1. The number of pyridine rings is 1. The number of piperidine rings is 1. The average molecular weight is 508 g/mol. The summed E-state index contributed by atoms with van der Waals surface area (Å²) in [6.07, 6.45) is 1.94. The Morgan fingerprint density at radius 1 is 1.05 bits per heavy atom. The van der Waals surface area contributed by atoms with Gasteiger partial charge >= 0.3 is 0 Å². The minimum absolute atomic E-state index is 0.00339. The fourth-order valence-electron chi connectivity index (χ4n) is 6.27. The van der Waals surface area contributed by atoms with Crippen molar-refractivity contribution >= 4 is 16.8 Å². The number of likely N-dealkylation sites (tertiary alicyclic amines) is 1. The third-order valence-corrected chi connectivity index (χ3v) is 8.08. The molecule has 2 bridgehead atoms. The second-order valence-corrected chi connectivity index (χ2v) is 10.3. The molecule has 6 nitrogen and oxygen atoms in total. The van der Waals surface area contributed by atoms with E-state index in [0.717, 1.165) is 52.9 Å². The summed E-state index contributed by atoms with van der Waals surface area (Å²) in [7, 11) is 0. The van der Waals surface area contributed by atoms with E-state index in [4.69, 9.17) is 9.72 Å².